The molecule has 0 unspecified atom stereocenters. The summed E-state index contributed by atoms with van der Waals surface area (Å²) >= 11 is 6.60. The van der Waals surface area contributed by atoms with Crippen molar-refractivity contribution in [3.63, 3.8) is 0 Å². The Morgan fingerprint density at radius 2 is 1.86 bits per heavy atom. The van der Waals surface area contributed by atoms with Crippen molar-refractivity contribution in [2.45, 2.75) is 25.7 Å². The van der Waals surface area contributed by atoms with Crippen molar-refractivity contribution < 1.29 is 4.79 Å². The molecular weight excluding hydrogens is 484 g/mol. The van der Waals surface area contributed by atoms with Crippen LogP contribution in [0.25, 0.3) is 10.8 Å². The van der Waals surface area contributed by atoms with E-state index in [4.69, 9.17) is 17.3 Å². The third kappa shape index (κ3) is 5.83. The summed E-state index contributed by atoms with van der Waals surface area (Å²) < 4.78 is 0. The van der Waals surface area contributed by atoms with E-state index in [9.17, 15) is 4.79 Å². The van der Waals surface area contributed by atoms with E-state index in [0.717, 1.165) is 54.6 Å². The number of fused-ring (bicyclic) bond motifs is 1. The molecule has 1 saturated heterocycles. The molecule has 0 spiro atoms. The number of nitrogen functional groups attached to an aromatic ring is 1. The van der Waals surface area contributed by atoms with E-state index in [1.165, 1.54) is 5.69 Å². The molecule has 1 aliphatic heterocycles. The number of aromatic nitrogens is 3. The first-order valence-electron chi connectivity index (χ1n) is 12.7. The number of hydrogen-bond donors (Lipinski definition) is 1. The molecule has 190 valence electrons. The Labute approximate surface area is 222 Å². The Bertz CT molecular complexity index is 1390. The minimum atomic E-state index is 0.0291. The summed E-state index contributed by atoms with van der Waals surface area (Å²) in [4.78, 5) is 30.2. The Hall–Kier alpha value is -3.71. The molecule has 0 bridgehead atoms. The van der Waals surface area contributed by atoms with Crippen LogP contribution in [0.15, 0.2) is 67.3 Å². The van der Waals surface area contributed by atoms with Crippen LogP contribution in [0.4, 0.5) is 17.3 Å². The second kappa shape index (κ2) is 11.1. The summed E-state index contributed by atoms with van der Waals surface area (Å²) in [6.07, 6.45) is 10.3. The molecule has 1 fully saturated rings. The molecule has 3 aromatic heterocycles. The molecule has 4 heterocycles. The van der Waals surface area contributed by atoms with Crippen molar-refractivity contribution >= 4 is 45.5 Å². The van der Waals surface area contributed by atoms with Crippen molar-refractivity contribution in [2.24, 2.45) is 5.92 Å². The zero-order valence-corrected chi connectivity index (χ0v) is 21.7. The zero-order chi connectivity index (χ0) is 25.8. The van der Waals surface area contributed by atoms with Gasteiger partial charge in [-0.2, -0.15) is 0 Å². The number of nitrogens with two attached hydrogens (primary N) is 1. The van der Waals surface area contributed by atoms with Crippen molar-refractivity contribution in [2.75, 3.05) is 42.2 Å². The molecule has 0 amide bonds. The smallest absolute Gasteiger partial charge is 0.164 e. The SMILES string of the molecule is CN(CC1CCN(c2ccncc2)CC1)c1ncc(C(=O)CCc2ccc3c(N)nccc3c2)cc1Cl. The van der Waals surface area contributed by atoms with Gasteiger partial charge in [0.2, 0.25) is 0 Å². The van der Waals surface area contributed by atoms with Gasteiger partial charge in [-0.1, -0.05) is 29.8 Å². The van der Waals surface area contributed by atoms with Gasteiger partial charge in [-0.25, -0.2) is 9.97 Å². The Morgan fingerprint density at radius 3 is 2.62 bits per heavy atom. The molecule has 1 aromatic carbocycles. The summed E-state index contributed by atoms with van der Waals surface area (Å²) in [6, 6.07) is 13.8. The normalized spacial score (nSPS) is 14.2. The van der Waals surface area contributed by atoms with Crippen LogP contribution in [0.2, 0.25) is 5.02 Å². The Balaban J connectivity index is 1.15. The number of benzene rings is 1. The summed E-state index contributed by atoms with van der Waals surface area (Å²) in [6.45, 7) is 2.93. The first-order chi connectivity index (χ1) is 18.0. The standard InChI is InChI=1S/C29H31ClN6O/c1-35(19-21-9-14-36(15-10-21)24-7-11-32-12-8-24)29-26(30)17-23(18-34-29)27(37)5-3-20-2-4-25-22(16-20)6-13-33-28(25)31/h2,4,6-8,11-13,16-18,21H,3,5,9-10,14-15,19H2,1H3,(H2,31,33). The highest BCUT2D eigenvalue weighted by Crippen LogP contribution is 2.28. The fourth-order valence-electron chi connectivity index (χ4n) is 5.07. The molecule has 7 nitrogen and oxygen atoms in total. The maximum absolute atomic E-state index is 12.9. The van der Waals surface area contributed by atoms with Gasteiger partial charge in [-0.15, -0.1) is 0 Å². The van der Waals surface area contributed by atoms with E-state index in [1.807, 2.05) is 37.6 Å². The largest absolute Gasteiger partial charge is 0.383 e. The second-order valence-corrected chi connectivity index (χ2v) is 10.1. The molecule has 0 aliphatic carbocycles. The topological polar surface area (TPSA) is 88.2 Å². The number of hydrogen-bond acceptors (Lipinski definition) is 7. The lowest BCUT2D eigenvalue weighted by molar-refractivity contribution is 0.0982. The molecule has 1 aliphatic rings. The van der Waals surface area contributed by atoms with Crippen molar-refractivity contribution in [3.05, 3.63) is 83.4 Å². The lowest BCUT2D eigenvalue weighted by Gasteiger charge is -2.35. The number of anilines is 3. The van der Waals surface area contributed by atoms with E-state index in [1.54, 1.807) is 18.5 Å². The van der Waals surface area contributed by atoms with E-state index in [2.05, 4.69) is 43.0 Å². The van der Waals surface area contributed by atoms with Gasteiger partial charge in [-0.05, 0) is 60.4 Å². The number of carbonyl (C=O) groups is 1. The predicted molar refractivity (Wildman–Crippen MR) is 150 cm³/mol. The third-order valence-corrected chi connectivity index (χ3v) is 7.46. The van der Waals surface area contributed by atoms with Gasteiger partial charge in [0, 0.05) is 74.5 Å². The van der Waals surface area contributed by atoms with Crippen molar-refractivity contribution in [3.8, 4) is 0 Å². The number of Topliss-reactive ketones (excluding diaryl/α,β-unsaturated/α-hetero) is 1. The summed E-state index contributed by atoms with van der Waals surface area (Å²) in [5.41, 5.74) is 8.79. The summed E-state index contributed by atoms with van der Waals surface area (Å²) in [5.74, 6) is 1.83. The third-order valence-electron chi connectivity index (χ3n) is 7.18. The summed E-state index contributed by atoms with van der Waals surface area (Å²) in [7, 11) is 2.02. The minimum absolute atomic E-state index is 0.0291. The molecular formula is C29H31ClN6O. The quantitative estimate of drug-likeness (QED) is 0.314. The monoisotopic (exact) mass is 514 g/mol. The van der Waals surface area contributed by atoms with Crippen LogP contribution in [0.5, 0.6) is 0 Å². The van der Waals surface area contributed by atoms with Gasteiger partial charge >= 0.3 is 0 Å². The lowest BCUT2D eigenvalue weighted by atomic mass is 9.96. The molecule has 0 saturated carbocycles. The highest BCUT2D eigenvalue weighted by molar-refractivity contribution is 6.33. The molecule has 0 radical (unpaired) electrons. The van der Waals surface area contributed by atoms with Gasteiger partial charge in [-0.3, -0.25) is 9.78 Å². The van der Waals surface area contributed by atoms with Crippen LogP contribution < -0.4 is 15.5 Å². The average molecular weight is 515 g/mol. The van der Waals surface area contributed by atoms with Gasteiger partial charge in [0.1, 0.15) is 11.6 Å². The van der Waals surface area contributed by atoms with Crippen LogP contribution in [0, 0.1) is 5.92 Å². The fraction of sp³-hybridized carbons (Fsp3) is 0.310. The highest BCUT2D eigenvalue weighted by atomic mass is 35.5. The molecule has 37 heavy (non-hydrogen) atoms. The highest BCUT2D eigenvalue weighted by Gasteiger charge is 2.22. The Kier molecular flexibility index (Phi) is 7.51. The van der Waals surface area contributed by atoms with Crippen LogP contribution in [-0.2, 0) is 6.42 Å². The van der Waals surface area contributed by atoms with Crippen molar-refractivity contribution in [1.29, 1.82) is 0 Å². The minimum Gasteiger partial charge on any atom is -0.383 e. The zero-order valence-electron chi connectivity index (χ0n) is 21.0. The number of halogens is 1. The molecule has 4 aromatic rings. The van der Waals surface area contributed by atoms with Crippen LogP contribution in [0.3, 0.4) is 0 Å². The number of pyridine rings is 3. The van der Waals surface area contributed by atoms with Gasteiger partial charge in [0.25, 0.3) is 0 Å². The average Bonchev–Trinajstić information content (AvgIpc) is 2.92. The van der Waals surface area contributed by atoms with Crippen LogP contribution in [0.1, 0.15) is 35.2 Å². The Morgan fingerprint density at radius 1 is 1.08 bits per heavy atom. The van der Waals surface area contributed by atoms with Gasteiger partial charge in [0.15, 0.2) is 5.78 Å². The van der Waals surface area contributed by atoms with E-state index < -0.39 is 0 Å². The maximum Gasteiger partial charge on any atom is 0.164 e. The fourth-order valence-corrected chi connectivity index (χ4v) is 5.39. The number of nitrogens with zero attached hydrogens (tertiary/aromatic N) is 5. The molecule has 0 atom stereocenters. The number of carbonyl (C=O) groups excluding carboxylic acids is 1. The second-order valence-electron chi connectivity index (χ2n) is 9.72. The number of aryl methyl sites for hydroxylation is 1. The van der Waals surface area contributed by atoms with Gasteiger partial charge < -0.3 is 15.5 Å². The summed E-state index contributed by atoms with van der Waals surface area (Å²) in [5, 5.41) is 2.46. The molecule has 5 rings (SSSR count). The van der Waals surface area contributed by atoms with Crippen LogP contribution in [-0.4, -0.2) is 47.4 Å². The van der Waals surface area contributed by atoms with Crippen molar-refractivity contribution in [1.82, 2.24) is 15.0 Å². The first-order valence-corrected chi connectivity index (χ1v) is 13.0. The van der Waals surface area contributed by atoms with Gasteiger partial charge in [0.05, 0.1) is 5.02 Å². The number of rotatable bonds is 8. The first kappa shape index (κ1) is 25.0. The number of ketones is 1. The van der Waals surface area contributed by atoms with E-state index >= 15 is 0 Å². The van der Waals surface area contributed by atoms with E-state index in [-0.39, 0.29) is 5.78 Å². The number of piperidine rings is 1. The van der Waals surface area contributed by atoms with E-state index in [0.29, 0.717) is 35.2 Å². The lowest BCUT2D eigenvalue weighted by Crippen LogP contribution is -2.38. The predicted octanol–water partition coefficient (Wildman–Crippen LogP) is 5.43. The maximum atomic E-state index is 12.9. The molecule has 2 N–H and O–H groups in total. The van der Waals surface area contributed by atoms with Crippen LogP contribution >= 0.6 is 11.6 Å². The molecule has 8 heteroatoms.